The van der Waals surface area contributed by atoms with Gasteiger partial charge in [-0.05, 0) is 0 Å². The Bertz CT molecular complexity index is 367. The van der Waals surface area contributed by atoms with Gasteiger partial charge in [0.05, 0.1) is 0 Å². The monoisotopic (exact) mass is 470 g/mol. The van der Waals surface area contributed by atoms with Crippen LogP contribution in [-0.4, -0.2) is 46.0 Å². The number of carboxylic acid groups (broad SMARTS) is 2. The maximum Gasteiger partial charge on any atom is 0.426 e. The number of hydrogen-bond donors (Lipinski definition) is 2. The van der Waals surface area contributed by atoms with E-state index in [0.717, 1.165) is 0 Å². The van der Waals surface area contributed by atoms with Gasteiger partial charge in [0.1, 0.15) is 0 Å². The zero-order valence-corrected chi connectivity index (χ0v) is 12.7. The zero-order valence-electron chi connectivity index (χ0n) is 8.49. The number of carbonyl (C=O) groups excluding carboxylic acids is 4. The van der Waals surface area contributed by atoms with E-state index in [1.54, 1.807) is 0 Å². The maximum absolute atomic E-state index is 10.5. The summed E-state index contributed by atoms with van der Waals surface area (Å²) < 4.78 is 6.71. The Morgan fingerprint density at radius 1 is 0.500 bits per heavy atom. The van der Waals surface area contributed by atoms with Gasteiger partial charge in [0.2, 0.25) is 0 Å². The first-order chi connectivity index (χ1) is 7.25. The fourth-order valence-electron chi connectivity index (χ4n) is 0.339. The molecule has 0 aromatic heterocycles. The third-order valence-electron chi connectivity index (χ3n) is 0.887. The molecule has 14 heteroatoms. The second kappa shape index (κ2) is 14.7. The molecule has 0 fully saturated rings. The predicted molar refractivity (Wildman–Crippen MR) is 37.5 cm³/mol. The Morgan fingerprint density at radius 3 is 0.850 bits per heavy atom. The largest absolute Gasteiger partial charge is 0.473 e. The van der Waals surface area contributed by atoms with Crippen molar-refractivity contribution in [1.29, 1.82) is 0 Å². The molecule has 0 aliphatic heterocycles. The maximum atomic E-state index is 10.5. The Labute approximate surface area is 151 Å². The topological polar surface area (TPSA) is 161 Å². The first-order valence-electron chi connectivity index (χ1n) is 3.24. The number of carbonyl (C=O) groups is 6. The van der Waals surface area contributed by atoms with Gasteiger partial charge in [-0.25, -0.2) is 28.8 Å². The van der Waals surface area contributed by atoms with Crippen LogP contribution in [0.25, 0.3) is 0 Å². The molecule has 4 radical (unpaired) electrons. The standard InChI is InChI=1S/C6H2O10.4Co/c7-1(8)3(11)15-5(13)6(14)16-4(12)2(9)10;;;;/h(H,7,8)(H,9,10);;;;. The van der Waals surface area contributed by atoms with Gasteiger partial charge in [0.25, 0.3) is 0 Å². The number of esters is 4. The van der Waals surface area contributed by atoms with Gasteiger partial charge in [-0.3, -0.25) is 0 Å². The van der Waals surface area contributed by atoms with Gasteiger partial charge in [0.15, 0.2) is 0 Å². The minimum absolute atomic E-state index is 0. The van der Waals surface area contributed by atoms with Gasteiger partial charge in [-0.2, -0.15) is 0 Å². The molecule has 0 aliphatic carbocycles. The van der Waals surface area contributed by atoms with E-state index in [1.807, 2.05) is 0 Å². The molecule has 0 spiro atoms. The van der Waals surface area contributed by atoms with Crippen LogP contribution in [0.4, 0.5) is 0 Å². The molecule has 20 heavy (non-hydrogen) atoms. The third-order valence-corrected chi connectivity index (χ3v) is 0.887. The van der Waals surface area contributed by atoms with Crippen LogP contribution >= 0.6 is 0 Å². The van der Waals surface area contributed by atoms with Gasteiger partial charge >= 0.3 is 35.8 Å². The van der Waals surface area contributed by atoms with Crippen molar-refractivity contribution >= 4 is 35.8 Å². The van der Waals surface area contributed by atoms with Gasteiger partial charge in [-0.15, -0.1) is 0 Å². The van der Waals surface area contributed by atoms with E-state index in [2.05, 4.69) is 9.47 Å². The molecule has 122 valence electrons. The Kier molecular flexibility index (Phi) is 23.1. The number of carboxylic acids is 2. The summed E-state index contributed by atoms with van der Waals surface area (Å²) in [6.45, 7) is 0. The summed E-state index contributed by atoms with van der Waals surface area (Å²) in [5.74, 6) is -12.7. The molecule has 0 heterocycles. The molecule has 10 nitrogen and oxygen atoms in total. The van der Waals surface area contributed by atoms with Crippen molar-refractivity contribution in [3.05, 3.63) is 0 Å². The SMILES string of the molecule is O=C(O)C(=O)OC(=O)C(=O)OC(=O)C(=O)O.[Co].[Co].[Co].[Co]. The normalized spacial score (nSPS) is 7.00. The average Bonchev–Trinajstić information content (AvgIpc) is 2.16. The minimum atomic E-state index is -2.16. The van der Waals surface area contributed by atoms with Crippen LogP contribution < -0.4 is 0 Å². The molecular formula is C6H2Co4O10. The zero-order chi connectivity index (χ0) is 12.9. The van der Waals surface area contributed by atoms with Crippen molar-refractivity contribution in [2.24, 2.45) is 0 Å². The van der Waals surface area contributed by atoms with Crippen LogP contribution in [0, 0.1) is 0 Å². The van der Waals surface area contributed by atoms with Crippen LogP contribution in [0.2, 0.25) is 0 Å². The molecule has 0 rings (SSSR count). The summed E-state index contributed by atoms with van der Waals surface area (Å²) >= 11 is 0. The smallest absolute Gasteiger partial charge is 0.426 e. The number of aliphatic carboxylic acids is 2. The molecule has 0 atom stereocenters. The molecular weight excluding hydrogens is 468 g/mol. The molecule has 0 amide bonds. The summed E-state index contributed by atoms with van der Waals surface area (Å²) in [5, 5.41) is 15.9. The van der Waals surface area contributed by atoms with E-state index in [9.17, 15) is 28.8 Å². The summed E-state index contributed by atoms with van der Waals surface area (Å²) in [6.07, 6.45) is 0. The predicted octanol–water partition coefficient (Wildman–Crippen LogP) is -2.71. The third kappa shape index (κ3) is 12.3. The Hall–Kier alpha value is -0.754. The molecule has 0 aliphatic rings. The van der Waals surface area contributed by atoms with E-state index in [1.165, 1.54) is 0 Å². The first-order valence-corrected chi connectivity index (χ1v) is 3.24. The molecule has 0 unspecified atom stereocenters. The fraction of sp³-hybridized carbons (Fsp3) is 0. The van der Waals surface area contributed by atoms with Gasteiger partial charge < -0.3 is 19.7 Å². The minimum Gasteiger partial charge on any atom is -0.473 e. The summed E-state index contributed by atoms with van der Waals surface area (Å²) in [7, 11) is 0. The van der Waals surface area contributed by atoms with Crippen molar-refractivity contribution < 1.29 is 116 Å². The summed E-state index contributed by atoms with van der Waals surface area (Å²) in [6, 6.07) is 0. The van der Waals surface area contributed by atoms with E-state index >= 15 is 0 Å². The molecule has 2 N–H and O–H groups in total. The van der Waals surface area contributed by atoms with E-state index < -0.39 is 35.8 Å². The van der Waals surface area contributed by atoms with Crippen molar-refractivity contribution in [2.75, 3.05) is 0 Å². The van der Waals surface area contributed by atoms with E-state index in [4.69, 9.17) is 10.2 Å². The van der Waals surface area contributed by atoms with Crippen molar-refractivity contribution in [3.8, 4) is 0 Å². The molecule has 0 saturated heterocycles. The van der Waals surface area contributed by atoms with Crippen molar-refractivity contribution in [1.82, 2.24) is 0 Å². The van der Waals surface area contributed by atoms with Crippen LogP contribution in [0.5, 0.6) is 0 Å². The number of ether oxygens (including phenoxy) is 2. The van der Waals surface area contributed by atoms with Crippen molar-refractivity contribution in [3.63, 3.8) is 0 Å². The van der Waals surface area contributed by atoms with Gasteiger partial charge in [0, 0.05) is 67.1 Å². The van der Waals surface area contributed by atoms with Crippen molar-refractivity contribution in [2.45, 2.75) is 0 Å². The molecule has 0 aromatic carbocycles. The molecule has 0 saturated carbocycles. The number of rotatable bonds is 0. The summed E-state index contributed by atoms with van der Waals surface area (Å²) in [4.78, 5) is 61.1. The van der Waals surface area contributed by atoms with Crippen LogP contribution in [0.3, 0.4) is 0 Å². The van der Waals surface area contributed by atoms with Crippen LogP contribution in [0.15, 0.2) is 0 Å². The first kappa shape index (κ1) is 31.6. The number of hydrogen-bond acceptors (Lipinski definition) is 8. The molecule has 0 bridgehead atoms. The second-order valence-corrected chi connectivity index (χ2v) is 1.96. The van der Waals surface area contributed by atoms with E-state index in [-0.39, 0.29) is 67.1 Å². The van der Waals surface area contributed by atoms with Gasteiger partial charge in [-0.1, -0.05) is 0 Å². The Balaban J connectivity index is -0.000000187. The summed E-state index contributed by atoms with van der Waals surface area (Å²) in [5.41, 5.74) is 0. The average molecular weight is 470 g/mol. The van der Waals surface area contributed by atoms with E-state index in [0.29, 0.717) is 0 Å². The van der Waals surface area contributed by atoms with Crippen LogP contribution in [-0.2, 0) is 105 Å². The molecule has 0 aromatic rings. The quantitative estimate of drug-likeness (QED) is 0.217. The second-order valence-electron chi connectivity index (χ2n) is 1.96. The Morgan fingerprint density at radius 2 is 0.700 bits per heavy atom. The fourth-order valence-corrected chi connectivity index (χ4v) is 0.339. The van der Waals surface area contributed by atoms with Crippen LogP contribution in [0.1, 0.15) is 0 Å².